The molecule has 0 spiro atoms. The summed E-state index contributed by atoms with van der Waals surface area (Å²) < 4.78 is 50.9. The van der Waals surface area contributed by atoms with Gasteiger partial charge < -0.3 is 25.2 Å². The van der Waals surface area contributed by atoms with E-state index in [1.54, 1.807) is 13.1 Å². The van der Waals surface area contributed by atoms with Crippen LogP contribution in [0.5, 0.6) is 0 Å². The fourth-order valence-corrected chi connectivity index (χ4v) is 4.74. The van der Waals surface area contributed by atoms with Gasteiger partial charge >= 0.3 is 0 Å². The smallest absolute Gasteiger partial charge is 0.274 e. The Morgan fingerprint density at radius 2 is 1.95 bits per heavy atom. The molecule has 3 heterocycles. The quantitative estimate of drug-likeness (QED) is 0.195. The van der Waals surface area contributed by atoms with Crippen LogP contribution < -0.4 is 10.2 Å². The van der Waals surface area contributed by atoms with E-state index in [9.17, 15) is 23.8 Å². The number of aromatic nitrogens is 2. The molecule has 0 aliphatic carbocycles. The van der Waals surface area contributed by atoms with Crippen molar-refractivity contribution in [3.63, 3.8) is 0 Å². The molecular formula is C25H23ClF3IN4O4. The fourth-order valence-electron chi connectivity index (χ4n) is 4.12. The Bertz CT molecular complexity index is 1340. The number of anilines is 2. The van der Waals surface area contributed by atoms with Crippen molar-refractivity contribution in [3.8, 4) is 11.3 Å². The van der Waals surface area contributed by atoms with Crippen molar-refractivity contribution < 1.29 is 32.9 Å². The molecule has 1 amide bonds. The molecule has 4 atom stereocenters. The second-order valence-electron chi connectivity index (χ2n) is 8.63. The van der Waals surface area contributed by atoms with Crippen LogP contribution in [-0.4, -0.2) is 61.9 Å². The number of rotatable bonds is 7. The van der Waals surface area contributed by atoms with Gasteiger partial charge in [-0.1, -0.05) is 22.6 Å². The van der Waals surface area contributed by atoms with Gasteiger partial charge in [0.25, 0.3) is 5.91 Å². The molecule has 13 heteroatoms. The fraction of sp³-hybridized carbons (Fsp3) is 0.320. The molecule has 1 saturated heterocycles. The maximum Gasteiger partial charge on any atom is 0.274 e. The van der Waals surface area contributed by atoms with Crippen LogP contribution >= 0.6 is 34.2 Å². The predicted molar refractivity (Wildman–Crippen MR) is 144 cm³/mol. The van der Waals surface area contributed by atoms with Crippen LogP contribution in [0.1, 0.15) is 28.6 Å². The molecule has 2 aromatic heterocycles. The number of carbonyl (C=O) groups excluding carboxylic acids is 1. The van der Waals surface area contributed by atoms with Crippen molar-refractivity contribution in [2.75, 3.05) is 27.7 Å². The minimum absolute atomic E-state index is 0.0287. The topological polar surface area (TPSA) is 108 Å². The number of amides is 1. The number of aliphatic hydroxyl groups excluding tert-OH is 2. The predicted octanol–water partition coefficient (Wildman–Crippen LogP) is 4.43. The number of halogens is 5. The van der Waals surface area contributed by atoms with Gasteiger partial charge in [-0.05, 0) is 30.3 Å². The summed E-state index contributed by atoms with van der Waals surface area (Å²) >= 11 is 7.86. The van der Waals surface area contributed by atoms with Gasteiger partial charge in [0.15, 0.2) is 5.82 Å². The van der Waals surface area contributed by atoms with Gasteiger partial charge in [0.05, 0.1) is 45.8 Å². The number of carbonyl (C=O) groups is 1. The summed E-state index contributed by atoms with van der Waals surface area (Å²) in [7, 11) is 1.59. The molecule has 1 aromatic carbocycles. The Labute approximate surface area is 234 Å². The Hall–Kier alpha value is -2.52. The third-order valence-corrected chi connectivity index (χ3v) is 7.48. The summed E-state index contributed by atoms with van der Waals surface area (Å²) in [5, 5.41) is 22.9. The Morgan fingerprint density at radius 1 is 1.21 bits per heavy atom. The van der Waals surface area contributed by atoms with Crippen LogP contribution in [0, 0.1) is 17.5 Å². The summed E-state index contributed by atoms with van der Waals surface area (Å²) in [6, 6.07) is 5.81. The highest BCUT2D eigenvalue weighted by Crippen LogP contribution is 2.36. The third kappa shape index (κ3) is 5.73. The van der Waals surface area contributed by atoms with Gasteiger partial charge in [0.2, 0.25) is 0 Å². The minimum Gasteiger partial charge on any atom is -0.390 e. The molecule has 0 saturated carbocycles. The first-order valence-electron chi connectivity index (χ1n) is 11.4. The van der Waals surface area contributed by atoms with E-state index < -0.39 is 59.0 Å². The zero-order valence-corrected chi connectivity index (χ0v) is 22.8. The van der Waals surface area contributed by atoms with Crippen molar-refractivity contribution in [3.05, 3.63) is 71.4 Å². The van der Waals surface area contributed by atoms with Gasteiger partial charge in [0.1, 0.15) is 35.2 Å². The number of hydrogen-bond donors (Lipinski definition) is 3. The molecule has 202 valence electrons. The van der Waals surface area contributed by atoms with Crippen molar-refractivity contribution in [2.45, 2.75) is 30.8 Å². The second-order valence-corrected chi connectivity index (χ2v) is 9.62. The van der Waals surface area contributed by atoms with Crippen molar-refractivity contribution in [1.82, 2.24) is 9.97 Å². The van der Waals surface area contributed by atoms with Crippen LogP contribution in [0.15, 0.2) is 42.7 Å². The number of benzene rings is 1. The maximum absolute atomic E-state index is 15.2. The molecule has 3 aromatic rings. The second kappa shape index (κ2) is 12.1. The standard InChI is InChI=1S/C25H23ClF3IN4O4/c1-34(11-30)17-5-3-13(27)21(22(17)29)23-14(28)2-4-15(32-23)25(37)33-16-10-31-7-6-12(16)19-8-18(35)24(36)20(9-26)38-19/h2-7,10,18-20,24,35-36H,8-9,11H2,1H3,(H,33,37)/t18-,19-,20-,24+/m1/s1. The summed E-state index contributed by atoms with van der Waals surface area (Å²) in [6.45, 7) is 0. The number of ether oxygens (including phenoxy) is 1. The van der Waals surface area contributed by atoms with E-state index in [1.165, 1.54) is 23.4 Å². The highest BCUT2D eigenvalue weighted by atomic mass is 127. The molecule has 0 unspecified atom stereocenters. The average molecular weight is 663 g/mol. The lowest BCUT2D eigenvalue weighted by molar-refractivity contribution is -0.162. The minimum atomic E-state index is -1.17. The van der Waals surface area contributed by atoms with Gasteiger partial charge in [-0.25, -0.2) is 18.2 Å². The summed E-state index contributed by atoms with van der Waals surface area (Å²) in [4.78, 5) is 22.6. The van der Waals surface area contributed by atoms with Gasteiger partial charge in [-0.3, -0.25) is 9.78 Å². The lowest BCUT2D eigenvalue weighted by Gasteiger charge is -2.37. The van der Waals surface area contributed by atoms with Crippen LogP contribution in [-0.2, 0) is 4.74 Å². The molecule has 1 fully saturated rings. The van der Waals surface area contributed by atoms with Gasteiger partial charge in [-0.15, -0.1) is 11.6 Å². The molecule has 3 N–H and O–H groups in total. The number of alkyl halides is 2. The lowest BCUT2D eigenvalue weighted by atomic mass is 9.94. The number of nitrogens with zero attached hydrogens (tertiary/aromatic N) is 3. The molecule has 4 rings (SSSR count). The summed E-state index contributed by atoms with van der Waals surface area (Å²) in [5.74, 6) is -3.91. The summed E-state index contributed by atoms with van der Waals surface area (Å²) in [6.07, 6.45) is -1.01. The van der Waals surface area contributed by atoms with Crippen molar-refractivity contribution in [1.29, 1.82) is 0 Å². The van der Waals surface area contributed by atoms with Crippen LogP contribution in [0.4, 0.5) is 24.5 Å². The van der Waals surface area contributed by atoms with Gasteiger partial charge in [0, 0.05) is 25.2 Å². The molecule has 38 heavy (non-hydrogen) atoms. The normalized spacial score (nSPS) is 21.3. The maximum atomic E-state index is 15.2. The zero-order valence-electron chi connectivity index (χ0n) is 19.9. The SMILES string of the molecule is CN(CI)c1ccc(F)c(-c2nc(C(=O)Nc3cnccc3[C@H]3C[C@@H](O)[C@H](O)[C@@H](CCl)O3)ccc2F)c1F. The van der Waals surface area contributed by atoms with E-state index in [4.69, 9.17) is 16.3 Å². The number of hydrogen-bond acceptors (Lipinski definition) is 7. The van der Waals surface area contributed by atoms with Crippen LogP contribution in [0.25, 0.3) is 11.3 Å². The Balaban J connectivity index is 1.66. The first kappa shape index (κ1) is 28.5. The molecular weight excluding hydrogens is 640 g/mol. The first-order chi connectivity index (χ1) is 18.2. The van der Waals surface area contributed by atoms with Crippen LogP contribution in [0.3, 0.4) is 0 Å². The monoisotopic (exact) mass is 662 g/mol. The third-order valence-electron chi connectivity index (χ3n) is 6.15. The Morgan fingerprint density at radius 3 is 2.66 bits per heavy atom. The molecule has 0 radical (unpaired) electrons. The average Bonchev–Trinajstić information content (AvgIpc) is 2.91. The van der Waals surface area contributed by atoms with E-state index >= 15 is 4.39 Å². The molecule has 8 nitrogen and oxygen atoms in total. The van der Waals surface area contributed by atoms with E-state index in [2.05, 4.69) is 15.3 Å². The van der Waals surface area contributed by atoms with E-state index in [0.29, 0.717) is 10.1 Å². The molecule has 1 aliphatic heterocycles. The van der Waals surface area contributed by atoms with Crippen molar-refractivity contribution in [2.24, 2.45) is 0 Å². The number of nitrogens with one attached hydrogen (secondary N) is 1. The number of aliphatic hydroxyl groups is 2. The van der Waals surface area contributed by atoms with E-state index in [-0.39, 0.29) is 29.4 Å². The molecule has 1 aliphatic rings. The Kier molecular flexibility index (Phi) is 9.08. The molecule has 0 bridgehead atoms. The zero-order chi connectivity index (χ0) is 27.6. The lowest BCUT2D eigenvalue weighted by Crippen LogP contribution is -2.46. The summed E-state index contributed by atoms with van der Waals surface area (Å²) in [5.41, 5.74) is -0.953. The number of pyridine rings is 2. The highest BCUT2D eigenvalue weighted by molar-refractivity contribution is 14.1. The largest absolute Gasteiger partial charge is 0.390 e. The van der Waals surface area contributed by atoms with Gasteiger partial charge in [-0.2, -0.15) is 0 Å². The van der Waals surface area contributed by atoms with E-state index in [0.717, 1.165) is 18.2 Å². The van der Waals surface area contributed by atoms with Crippen LogP contribution in [0.2, 0.25) is 0 Å². The first-order valence-corrected chi connectivity index (χ1v) is 13.5. The highest BCUT2D eigenvalue weighted by Gasteiger charge is 2.37. The van der Waals surface area contributed by atoms with Crippen molar-refractivity contribution >= 4 is 51.5 Å². The van der Waals surface area contributed by atoms with E-state index in [1.807, 2.05) is 22.6 Å².